The van der Waals surface area contributed by atoms with Gasteiger partial charge in [0.15, 0.2) is 0 Å². The van der Waals surface area contributed by atoms with Gasteiger partial charge in [-0.15, -0.1) is 0 Å². The van der Waals surface area contributed by atoms with Crippen LogP contribution in [0.15, 0.2) is 23.1 Å². The van der Waals surface area contributed by atoms with Gasteiger partial charge in [0.2, 0.25) is 0 Å². The summed E-state index contributed by atoms with van der Waals surface area (Å²) >= 11 is 0. The molecule has 1 aliphatic heterocycles. The van der Waals surface area contributed by atoms with Crippen molar-refractivity contribution in [3.8, 4) is 0 Å². The van der Waals surface area contributed by atoms with E-state index in [0.29, 0.717) is 11.4 Å². The molecule has 1 aliphatic rings. The van der Waals surface area contributed by atoms with Crippen LogP contribution in [0.25, 0.3) is 0 Å². The predicted molar refractivity (Wildman–Crippen MR) is 104 cm³/mol. The third-order valence-electron chi connectivity index (χ3n) is 5.79. The zero-order chi connectivity index (χ0) is 18.5. The Labute approximate surface area is 151 Å². The van der Waals surface area contributed by atoms with E-state index in [0.717, 1.165) is 46.3 Å². The van der Waals surface area contributed by atoms with E-state index in [2.05, 4.69) is 19.9 Å². The van der Waals surface area contributed by atoms with Crippen molar-refractivity contribution in [2.75, 3.05) is 10.8 Å². The van der Waals surface area contributed by atoms with Gasteiger partial charge in [-0.1, -0.05) is 17.7 Å². The molecule has 0 bridgehead atoms. The van der Waals surface area contributed by atoms with Gasteiger partial charge in [-0.3, -0.25) is 4.31 Å². The third-order valence-corrected chi connectivity index (χ3v) is 7.88. The number of hydrogen-bond donors (Lipinski definition) is 0. The quantitative estimate of drug-likeness (QED) is 0.783. The highest BCUT2D eigenvalue weighted by atomic mass is 32.2. The lowest BCUT2D eigenvalue weighted by atomic mass is 9.95. The predicted octanol–water partition coefficient (Wildman–Crippen LogP) is 4.68. The second-order valence-corrected chi connectivity index (χ2v) is 9.07. The molecule has 0 amide bonds. The molecule has 0 atom stereocenters. The van der Waals surface area contributed by atoms with Crippen molar-refractivity contribution in [2.45, 2.75) is 59.3 Å². The maximum atomic E-state index is 13.6. The highest BCUT2D eigenvalue weighted by Crippen LogP contribution is 2.37. The maximum Gasteiger partial charge on any atom is 0.264 e. The van der Waals surface area contributed by atoms with Gasteiger partial charge < -0.3 is 0 Å². The first-order chi connectivity index (χ1) is 11.7. The average molecular weight is 358 g/mol. The zero-order valence-corrected chi connectivity index (χ0v) is 16.8. The lowest BCUT2D eigenvalue weighted by Crippen LogP contribution is -2.36. The van der Waals surface area contributed by atoms with Gasteiger partial charge in [-0.05, 0) is 93.8 Å². The molecule has 134 valence electrons. The van der Waals surface area contributed by atoms with Crippen LogP contribution in [0.5, 0.6) is 0 Å². The second-order valence-electron chi connectivity index (χ2n) is 7.27. The number of hydrogen-bond acceptors (Lipinski definition) is 2. The zero-order valence-electron chi connectivity index (χ0n) is 16.0. The molecule has 0 aromatic heterocycles. The molecule has 0 saturated heterocycles. The summed E-state index contributed by atoms with van der Waals surface area (Å²) in [6.45, 7) is 12.6. The van der Waals surface area contributed by atoms with Crippen molar-refractivity contribution >= 4 is 15.7 Å². The first-order valence-electron chi connectivity index (χ1n) is 8.85. The fourth-order valence-electron chi connectivity index (χ4n) is 3.90. The van der Waals surface area contributed by atoms with Crippen LogP contribution in [0.4, 0.5) is 5.69 Å². The van der Waals surface area contributed by atoms with Gasteiger partial charge in [-0.2, -0.15) is 0 Å². The molecule has 3 nitrogen and oxygen atoms in total. The van der Waals surface area contributed by atoms with Crippen molar-refractivity contribution in [1.82, 2.24) is 0 Å². The Bertz CT molecular complexity index is 929. The van der Waals surface area contributed by atoms with E-state index in [1.165, 1.54) is 11.1 Å². The van der Waals surface area contributed by atoms with Crippen molar-refractivity contribution < 1.29 is 8.42 Å². The summed E-state index contributed by atoms with van der Waals surface area (Å²) in [6, 6.07) is 6.07. The summed E-state index contributed by atoms with van der Waals surface area (Å²) in [7, 11) is -3.58. The fraction of sp³-hybridized carbons (Fsp3) is 0.429. The standard InChI is InChI=1S/C21H27NO2S/c1-13-9-10-20-19(12-13)8-7-11-22(20)25(23,24)21-17(5)15(3)14(2)16(4)18(21)6/h9-10,12H,7-8,11H2,1-6H3. The van der Waals surface area contributed by atoms with Crippen LogP contribution >= 0.6 is 0 Å². The maximum absolute atomic E-state index is 13.6. The number of benzene rings is 2. The lowest BCUT2D eigenvalue weighted by Gasteiger charge is -2.32. The molecule has 0 fully saturated rings. The molecule has 2 aromatic carbocycles. The normalized spacial score (nSPS) is 14.6. The van der Waals surface area contributed by atoms with Crippen molar-refractivity contribution in [1.29, 1.82) is 0 Å². The number of aryl methyl sites for hydroxylation is 2. The lowest BCUT2D eigenvalue weighted by molar-refractivity contribution is 0.585. The molecule has 0 spiro atoms. The molecule has 0 saturated carbocycles. The minimum absolute atomic E-state index is 0.488. The first-order valence-corrected chi connectivity index (χ1v) is 10.3. The molecule has 1 heterocycles. The molecule has 3 rings (SSSR count). The summed E-state index contributed by atoms with van der Waals surface area (Å²) in [6.07, 6.45) is 1.80. The minimum Gasteiger partial charge on any atom is -0.266 e. The smallest absolute Gasteiger partial charge is 0.264 e. The highest BCUT2D eigenvalue weighted by molar-refractivity contribution is 7.93. The van der Waals surface area contributed by atoms with Gasteiger partial charge in [0.05, 0.1) is 10.6 Å². The van der Waals surface area contributed by atoms with Crippen molar-refractivity contribution in [2.24, 2.45) is 0 Å². The number of fused-ring (bicyclic) bond motifs is 1. The minimum atomic E-state index is -3.58. The number of nitrogens with zero attached hydrogens (tertiary/aromatic N) is 1. The van der Waals surface area contributed by atoms with Gasteiger partial charge >= 0.3 is 0 Å². The van der Waals surface area contributed by atoms with E-state index in [1.807, 2.05) is 39.8 Å². The molecule has 0 unspecified atom stereocenters. The molecular formula is C21H27NO2S. The Morgan fingerprint density at radius 2 is 1.40 bits per heavy atom. The Morgan fingerprint density at radius 3 is 2.00 bits per heavy atom. The molecule has 0 N–H and O–H groups in total. The van der Waals surface area contributed by atoms with Gasteiger partial charge in [0.1, 0.15) is 0 Å². The fourth-order valence-corrected chi connectivity index (χ4v) is 6.01. The second kappa shape index (κ2) is 6.17. The van der Waals surface area contributed by atoms with Crippen LogP contribution in [0.3, 0.4) is 0 Å². The van der Waals surface area contributed by atoms with Crippen molar-refractivity contribution in [3.05, 3.63) is 57.1 Å². The monoisotopic (exact) mass is 357 g/mol. The Morgan fingerprint density at radius 1 is 0.840 bits per heavy atom. The highest BCUT2D eigenvalue weighted by Gasteiger charge is 2.32. The van der Waals surface area contributed by atoms with Crippen LogP contribution < -0.4 is 4.31 Å². The first kappa shape index (κ1) is 18.0. The summed E-state index contributed by atoms with van der Waals surface area (Å²) in [5.74, 6) is 0. The SMILES string of the molecule is Cc1ccc2c(c1)CCCN2S(=O)(=O)c1c(C)c(C)c(C)c(C)c1C. The van der Waals surface area contributed by atoms with Gasteiger partial charge in [0, 0.05) is 6.54 Å². The van der Waals surface area contributed by atoms with Crippen LogP contribution in [0.1, 0.15) is 45.4 Å². The van der Waals surface area contributed by atoms with Crippen LogP contribution in [0.2, 0.25) is 0 Å². The van der Waals surface area contributed by atoms with Gasteiger partial charge in [-0.25, -0.2) is 8.42 Å². The van der Waals surface area contributed by atoms with E-state index in [1.54, 1.807) is 4.31 Å². The topological polar surface area (TPSA) is 37.4 Å². The Balaban J connectivity index is 2.24. The number of sulfonamides is 1. The molecule has 4 heteroatoms. The largest absolute Gasteiger partial charge is 0.266 e. The van der Waals surface area contributed by atoms with E-state index in [-0.39, 0.29) is 0 Å². The average Bonchev–Trinajstić information content (AvgIpc) is 2.57. The molecule has 0 aliphatic carbocycles. The van der Waals surface area contributed by atoms with Gasteiger partial charge in [0.25, 0.3) is 10.0 Å². The van der Waals surface area contributed by atoms with E-state index in [9.17, 15) is 8.42 Å². The van der Waals surface area contributed by atoms with Crippen LogP contribution in [0, 0.1) is 41.5 Å². The van der Waals surface area contributed by atoms with E-state index >= 15 is 0 Å². The molecule has 2 aromatic rings. The summed E-state index contributed by atoms with van der Waals surface area (Å²) < 4.78 is 28.9. The third kappa shape index (κ3) is 2.77. The number of anilines is 1. The molecular weight excluding hydrogens is 330 g/mol. The summed E-state index contributed by atoms with van der Waals surface area (Å²) in [5, 5.41) is 0. The van der Waals surface area contributed by atoms with Crippen LogP contribution in [-0.4, -0.2) is 15.0 Å². The Hall–Kier alpha value is -1.81. The summed E-state index contributed by atoms with van der Waals surface area (Å²) in [4.78, 5) is 0.488. The summed E-state index contributed by atoms with van der Waals surface area (Å²) in [5.41, 5.74) is 8.22. The van der Waals surface area contributed by atoms with E-state index in [4.69, 9.17) is 0 Å². The molecule has 0 radical (unpaired) electrons. The number of rotatable bonds is 2. The van der Waals surface area contributed by atoms with Crippen molar-refractivity contribution in [3.63, 3.8) is 0 Å². The Kier molecular flexibility index (Phi) is 4.44. The van der Waals surface area contributed by atoms with E-state index < -0.39 is 10.0 Å². The van der Waals surface area contributed by atoms with Crippen LogP contribution in [-0.2, 0) is 16.4 Å². The molecule has 25 heavy (non-hydrogen) atoms.